The van der Waals surface area contributed by atoms with E-state index in [9.17, 15) is 10.1 Å². The number of halogens is 1. The zero-order chi connectivity index (χ0) is 15.4. The summed E-state index contributed by atoms with van der Waals surface area (Å²) in [6.07, 6.45) is 2.96. The SMILES string of the molecule is CCNc1cncc(Oc2c(C)cc(Br)cc2[N+](=O)[O-])n1. The minimum absolute atomic E-state index is 0.127. The average Bonchev–Trinajstić information content (AvgIpc) is 2.42. The van der Waals surface area contributed by atoms with E-state index >= 15 is 0 Å². The first kappa shape index (κ1) is 15.2. The van der Waals surface area contributed by atoms with Crippen molar-refractivity contribution in [2.24, 2.45) is 0 Å². The van der Waals surface area contributed by atoms with Crippen molar-refractivity contribution in [2.75, 3.05) is 11.9 Å². The number of ether oxygens (including phenoxy) is 1. The quantitative estimate of drug-likeness (QED) is 0.651. The first-order valence-electron chi connectivity index (χ1n) is 6.19. The first-order chi connectivity index (χ1) is 10.0. The predicted molar refractivity (Wildman–Crippen MR) is 81.8 cm³/mol. The van der Waals surface area contributed by atoms with Gasteiger partial charge < -0.3 is 10.1 Å². The number of benzene rings is 1. The lowest BCUT2D eigenvalue weighted by molar-refractivity contribution is -0.385. The second-order valence-corrected chi connectivity index (χ2v) is 5.12. The molecule has 1 N–H and O–H groups in total. The summed E-state index contributed by atoms with van der Waals surface area (Å²) in [5.41, 5.74) is 0.504. The second-order valence-electron chi connectivity index (χ2n) is 4.20. The first-order valence-corrected chi connectivity index (χ1v) is 6.99. The molecule has 21 heavy (non-hydrogen) atoms. The minimum atomic E-state index is -0.491. The molecular weight excluding hydrogens is 340 g/mol. The molecule has 0 bridgehead atoms. The number of nitro groups is 1. The number of aryl methyl sites for hydroxylation is 1. The molecule has 2 rings (SSSR count). The van der Waals surface area contributed by atoms with Gasteiger partial charge in [0.25, 0.3) is 0 Å². The topological polar surface area (TPSA) is 90.2 Å². The Hall–Kier alpha value is -2.22. The Kier molecular flexibility index (Phi) is 4.69. The molecule has 0 atom stereocenters. The Morgan fingerprint density at radius 1 is 1.43 bits per heavy atom. The van der Waals surface area contributed by atoms with Crippen molar-refractivity contribution in [1.82, 2.24) is 9.97 Å². The van der Waals surface area contributed by atoms with Crippen molar-refractivity contribution in [1.29, 1.82) is 0 Å². The van der Waals surface area contributed by atoms with E-state index in [4.69, 9.17) is 4.74 Å². The van der Waals surface area contributed by atoms with Gasteiger partial charge in [0.05, 0.1) is 17.3 Å². The Balaban J connectivity index is 2.39. The third-order valence-electron chi connectivity index (χ3n) is 2.59. The Morgan fingerprint density at radius 2 is 2.19 bits per heavy atom. The number of hydrogen-bond acceptors (Lipinski definition) is 6. The number of nitro benzene ring substituents is 1. The van der Waals surface area contributed by atoms with Crippen LogP contribution in [-0.4, -0.2) is 21.4 Å². The standard InChI is InChI=1S/C13H13BrN4O3/c1-3-16-11-6-15-7-12(17-11)21-13-8(2)4-9(14)5-10(13)18(19)20/h4-7H,3H2,1-2H3,(H,16,17). The van der Waals surface area contributed by atoms with Gasteiger partial charge in [-0.3, -0.25) is 15.1 Å². The van der Waals surface area contributed by atoms with Gasteiger partial charge in [-0.25, -0.2) is 0 Å². The van der Waals surface area contributed by atoms with Crippen LogP contribution in [0.4, 0.5) is 11.5 Å². The van der Waals surface area contributed by atoms with Crippen LogP contribution in [0.3, 0.4) is 0 Å². The zero-order valence-corrected chi connectivity index (χ0v) is 13.0. The molecule has 0 saturated carbocycles. The number of nitrogens with zero attached hydrogens (tertiary/aromatic N) is 3. The third-order valence-corrected chi connectivity index (χ3v) is 3.05. The fourth-order valence-electron chi connectivity index (χ4n) is 1.75. The smallest absolute Gasteiger partial charge is 0.313 e. The van der Waals surface area contributed by atoms with E-state index in [0.29, 0.717) is 22.4 Å². The fraction of sp³-hybridized carbons (Fsp3) is 0.231. The predicted octanol–water partition coefficient (Wildman–Crippen LogP) is 3.68. The molecule has 0 aliphatic heterocycles. The van der Waals surface area contributed by atoms with E-state index < -0.39 is 4.92 Å². The van der Waals surface area contributed by atoms with E-state index in [1.807, 2.05) is 6.92 Å². The molecule has 1 aromatic carbocycles. The van der Waals surface area contributed by atoms with E-state index in [1.54, 1.807) is 19.2 Å². The largest absolute Gasteiger partial charge is 0.430 e. The monoisotopic (exact) mass is 352 g/mol. The van der Waals surface area contributed by atoms with Gasteiger partial charge in [0, 0.05) is 22.6 Å². The van der Waals surface area contributed by atoms with Crippen molar-refractivity contribution in [3.8, 4) is 11.6 Å². The van der Waals surface area contributed by atoms with E-state index in [2.05, 4.69) is 31.2 Å². The molecule has 1 aromatic heterocycles. The van der Waals surface area contributed by atoms with E-state index in [-0.39, 0.29) is 17.3 Å². The lowest BCUT2D eigenvalue weighted by atomic mass is 10.2. The molecule has 0 spiro atoms. The summed E-state index contributed by atoms with van der Waals surface area (Å²) in [4.78, 5) is 18.8. The summed E-state index contributed by atoms with van der Waals surface area (Å²) < 4.78 is 6.18. The van der Waals surface area contributed by atoms with Crippen LogP contribution in [-0.2, 0) is 0 Å². The summed E-state index contributed by atoms with van der Waals surface area (Å²) in [7, 11) is 0. The van der Waals surface area contributed by atoms with Crippen LogP contribution in [0, 0.1) is 17.0 Å². The highest BCUT2D eigenvalue weighted by Gasteiger charge is 2.20. The van der Waals surface area contributed by atoms with Crippen molar-refractivity contribution in [3.05, 3.63) is 44.7 Å². The Morgan fingerprint density at radius 3 is 2.86 bits per heavy atom. The van der Waals surface area contributed by atoms with Gasteiger partial charge in [-0.2, -0.15) is 4.98 Å². The van der Waals surface area contributed by atoms with Gasteiger partial charge in [0.2, 0.25) is 11.6 Å². The summed E-state index contributed by atoms with van der Waals surface area (Å²) in [5.74, 6) is 0.903. The number of rotatable bonds is 5. The van der Waals surface area contributed by atoms with Crippen LogP contribution in [0.5, 0.6) is 11.6 Å². The number of hydrogen-bond donors (Lipinski definition) is 1. The summed E-state index contributed by atoms with van der Waals surface area (Å²) >= 11 is 3.24. The number of nitrogens with one attached hydrogen (secondary N) is 1. The highest BCUT2D eigenvalue weighted by Crippen LogP contribution is 2.36. The second kappa shape index (κ2) is 6.49. The maximum absolute atomic E-state index is 11.1. The van der Waals surface area contributed by atoms with E-state index in [1.165, 1.54) is 12.3 Å². The Bertz CT molecular complexity index is 678. The van der Waals surface area contributed by atoms with Crippen molar-refractivity contribution in [2.45, 2.75) is 13.8 Å². The van der Waals surface area contributed by atoms with Crippen molar-refractivity contribution in [3.63, 3.8) is 0 Å². The molecule has 0 amide bonds. The van der Waals surface area contributed by atoms with Crippen molar-refractivity contribution < 1.29 is 9.66 Å². The number of aromatic nitrogens is 2. The highest BCUT2D eigenvalue weighted by atomic mass is 79.9. The highest BCUT2D eigenvalue weighted by molar-refractivity contribution is 9.10. The van der Waals surface area contributed by atoms with Crippen LogP contribution in [0.15, 0.2) is 29.0 Å². The molecule has 7 nitrogen and oxygen atoms in total. The molecule has 0 radical (unpaired) electrons. The van der Waals surface area contributed by atoms with Crippen LogP contribution in [0.25, 0.3) is 0 Å². The van der Waals surface area contributed by atoms with Gasteiger partial charge in [-0.15, -0.1) is 0 Å². The molecule has 2 aromatic rings. The van der Waals surface area contributed by atoms with Gasteiger partial charge in [-0.1, -0.05) is 15.9 Å². The van der Waals surface area contributed by atoms with Crippen LogP contribution < -0.4 is 10.1 Å². The van der Waals surface area contributed by atoms with Gasteiger partial charge in [-0.05, 0) is 19.9 Å². The molecule has 0 aliphatic carbocycles. The Labute approximate surface area is 129 Å². The molecular formula is C13H13BrN4O3. The third kappa shape index (κ3) is 3.66. The summed E-state index contributed by atoms with van der Waals surface area (Å²) in [5, 5.41) is 14.1. The maximum Gasteiger partial charge on any atom is 0.313 e. The van der Waals surface area contributed by atoms with Crippen molar-refractivity contribution >= 4 is 27.4 Å². The van der Waals surface area contributed by atoms with Crippen LogP contribution in [0.1, 0.15) is 12.5 Å². The average molecular weight is 353 g/mol. The molecule has 0 fully saturated rings. The lowest BCUT2D eigenvalue weighted by Crippen LogP contribution is -2.02. The summed E-state index contributed by atoms with van der Waals surface area (Å²) in [6, 6.07) is 3.13. The minimum Gasteiger partial charge on any atom is -0.430 e. The van der Waals surface area contributed by atoms with Crippen LogP contribution >= 0.6 is 15.9 Å². The van der Waals surface area contributed by atoms with Gasteiger partial charge >= 0.3 is 5.69 Å². The summed E-state index contributed by atoms with van der Waals surface area (Å²) in [6.45, 7) is 4.35. The lowest BCUT2D eigenvalue weighted by Gasteiger charge is -2.10. The maximum atomic E-state index is 11.1. The molecule has 0 saturated heterocycles. The van der Waals surface area contributed by atoms with Gasteiger partial charge in [0.15, 0.2) is 0 Å². The molecule has 0 unspecified atom stereocenters. The zero-order valence-electron chi connectivity index (χ0n) is 11.5. The normalized spacial score (nSPS) is 10.2. The molecule has 0 aliphatic rings. The molecule has 1 heterocycles. The number of anilines is 1. The van der Waals surface area contributed by atoms with Gasteiger partial charge in [0.1, 0.15) is 5.82 Å². The van der Waals surface area contributed by atoms with E-state index in [0.717, 1.165) is 0 Å². The molecule has 8 heteroatoms. The van der Waals surface area contributed by atoms with Crippen LogP contribution in [0.2, 0.25) is 0 Å². The molecule has 110 valence electrons. The fourth-order valence-corrected chi connectivity index (χ4v) is 2.31.